The maximum atomic E-state index is 10.7. The molecule has 4 heteroatoms. The van der Waals surface area contributed by atoms with Crippen molar-refractivity contribution < 1.29 is 9.90 Å². The van der Waals surface area contributed by atoms with Crippen LogP contribution in [0.15, 0.2) is 0 Å². The van der Waals surface area contributed by atoms with Crippen LogP contribution in [0.1, 0.15) is 39.0 Å². The molecule has 16 heavy (non-hydrogen) atoms. The van der Waals surface area contributed by atoms with E-state index in [9.17, 15) is 4.79 Å². The number of carbonyl (C=O) groups is 1. The minimum atomic E-state index is 0.0468. The fraction of sp³-hybridized carbons (Fsp3) is 0.917. The molecule has 0 aromatic rings. The van der Waals surface area contributed by atoms with E-state index in [-0.39, 0.29) is 12.5 Å². The van der Waals surface area contributed by atoms with E-state index in [1.807, 2.05) is 0 Å². The summed E-state index contributed by atoms with van der Waals surface area (Å²) in [6.45, 7) is 4.77. The van der Waals surface area contributed by atoms with Gasteiger partial charge in [-0.05, 0) is 32.2 Å². The molecule has 0 saturated carbocycles. The van der Waals surface area contributed by atoms with Crippen LogP contribution in [0.3, 0.4) is 0 Å². The van der Waals surface area contributed by atoms with Crippen LogP contribution < -0.4 is 5.32 Å². The Labute approximate surface area is 98.0 Å². The molecule has 1 fully saturated rings. The van der Waals surface area contributed by atoms with Gasteiger partial charge in [-0.2, -0.15) is 0 Å². The molecule has 1 unspecified atom stereocenters. The first-order valence-electron chi connectivity index (χ1n) is 6.33. The molecule has 2 N–H and O–H groups in total. The lowest BCUT2D eigenvalue weighted by Gasteiger charge is -2.35. The molecule has 4 nitrogen and oxygen atoms in total. The van der Waals surface area contributed by atoms with Gasteiger partial charge >= 0.3 is 0 Å². The Kier molecular flexibility index (Phi) is 6.42. The summed E-state index contributed by atoms with van der Waals surface area (Å²) in [4.78, 5) is 13.2. The monoisotopic (exact) mass is 228 g/mol. The second-order valence-corrected chi connectivity index (χ2v) is 4.53. The standard InChI is InChI=1S/C12H24N2O2/c1-11(16)13-7-4-9-14-8-3-2-5-12(14)6-10-15/h12,15H,2-10H2,1H3,(H,13,16). The summed E-state index contributed by atoms with van der Waals surface area (Å²) < 4.78 is 0. The predicted octanol–water partition coefficient (Wildman–Crippen LogP) is 0.749. The second kappa shape index (κ2) is 7.63. The van der Waals surface area contributed by atoms with Gasteiger partial charge in [-0.25, -0.2) is 0 Å². The lowest BCUT2D eigenvalue weighted by Crippen LogP contribution is -2.41. The first-order valence-corrected chi connectivity index (χ1v) is 6.33. The summed E-state index contributed by atoms with van der Waals surface area (Å²) in [5.41, 5.74) is 0. The van der Waals surface area contributed by atoms with Gasteiger partial charge in [-0.15, -0.1) is 0 Å². The zero-order valence-corrected chi connectivity index (χ0v) is 10.2. The Balaban J connectivity index is 2.18. The van der Waals surface area contributed by atoms with E-state index in [4.69, 9.17) is 5.11 Å². The van der Waals surface area contributed by atoms with E-state index in [0.717, 1.165) is 32.5 Å². The van der Waals surface area contributed by atoms with Gasteiger partial charge in [0.25, 0.3) is 0 Å². The normalized spacial score (nSPS) is 22.0. The lowest BCUT2D eigenvalue weighted by molar-refractivity contribution is -0.118. The molecule has 0 aromatic heterocycles. The summed E-state index contributed by atoms with van der Waals surface area (Å²) in [7, 11) is 0. The van der Waals surface area contributed by atoms with Gasteiger partial charge in [0.1, 0.15) is 0 Å². The zero-order chi connectivity index (χ0) is 11.8. The van der Waals surface area contributed by atoms with Crippen molar-refractivity contribution in [3.63, 3.8) is 0 Å². The van der Waals surface area contributed by atoms with Gasteiger partial charge in [0.15, 0.2) is 0 Å². The number of carbonyl (C=O) groups excluding carboxylic acids is 1. The van der Waals surface area contributed by atoms with Crippen molar-refractivity contribution in [3.8, 4) is 0 Å². The van der Waals surface area contributed by atoms with Crippen molar-refractivity contribution in [2.75, 3.05) is 26.2 Å². The molecule has 1 atom stereocenters. The van der Waals surface area contributed by atoms with Crippen LogP contribution in [0.2, 0.25) is 0 Å². The lowest BCUT2D eigenvalue weighted by atomic mass is 9.99. The largest absolute Gasteiger partial charge is 0.396 e. The molecule has 1 rings (SSSR count). The zero-order valence-electron chi connectivity index (χ0n) is 10.2. The van der Waals surface area contributed by atoms with Crippen LogP contribution in [0.4, 0.5) is 0 Å². The number of piperidine rings is 1. The van der Waals surface area contributed by atoms with E-state index in [2.05, 4.69) is 10.2 Å². The van der Waals surface area contributed by atoms with E-state index in [1.165, 1.54) is 19.3 Å². The van der Waals surface area contributed by atoms with Crippen molar-refractivity contribution in [2.24, 2.45) is 0 Å². The molecule has 1 aliphatic rings. The predicted molar refractivity (Wildman–Crippen MR) is 64.2 cm³/mol. The van der Waals surface area contributed by atoms with Gasteiger partial charge in [0, 0.05) is 32.7 Å². The van der Waals surface area contributed by atoms with Gasteiger partial charge in [-0.3, -0.25) is 4.79 Å². The number of hydrogen-bond donors (Lipinski definition) is 2. The van der Waals surface area contributed by atoms with Crippen LogP contribution in [-0.4, -0.2) is 48.2 Å². The number of aliphatic hydroxyl groups is 1. The van der Waals surface area contributed by atoms with Crippen molar-refractivity contribution in [3.05, 3.63) is 0 Å². The highest BCUT2D eigenvalue weighted by Crippen LogP contribution is 2.19. The van der Waals surface area contributed by atoms with Crippen LogP contribution in [-0.2, 0) is 4.79 Å². The number of aliphatic hydroxyl groups excluding tert-OH is 1. The summed E-state index contributed by atoms with van der Waals surface area (Å²) in [5, 5.41) is 11.8. The van der Waals surface area contributed by atoms with E-state index >= 15 is 0 Å². The fourth-order valence-corrected chi connectivity index (χ4v) is 2.38. The number of amides is 1. The number of rotatable bonds is 6. The highest BCUT2D eigenvalue weighted by molar-refractivity contribution is 5.72. The third-order valence-corrected chi connectivity index (χ3v) is 3.21. The quantitative estimate of drug-likeness (QED) is 0.660. The topological polar surface area (TPSA) is 52.6 Å². The minimum Gasteiger partial charge on any atom is -0.396 e. The molecule has 1 amide bonds. The van der Waals surface area contributed by atoms with E-state index in [1.54, 1.807) is 6.92 Å². The van der Waals surface area contributed by atoms with Crippen LogP contribution in [0, 0.1) is 0 Å². The first kappa shape index (κ1) is 13.5. The average molecular weight is 228 g/mol. The van der Waals surface area contributed by atoms with E-state index < -0.39 is 0 Å². The van der Waals surface area contributed by atoms with Crippen LogP contribution >= 0.6 is 0 Å². The summed E-state index contributed by atoms with van der Waals surface area (Å²) in [6, 6.07) is 0.552. The highest BCUT2D eigenvalue weighted by Gasteiger charge is 2.20. The van der Waals surface area contributed by atoms with E-state index in [0.29, 0.717) is 6.04 Å². The smallest absolute Gasteiger partial charge is 0.216 e. The van der Waals surface area contributed by atoms with Crippen LogP contribution in [0.5, 0.6) is 0 Å². The molecule has 0 radical (unpaired) electrons. The molecule has 94 valence electrons. The van der Waals surface area contributed by atoms with Crippen molar-refractivity contribution >= 4 is 5.91 Å². The SMILES string of the molecule is CC(=O)NCCCN1CCCCC1CCO. The third kappa shape index (κ3) is 4.94. The Bertz CT molecular complexity index is 207. The Morgan fingerprint density at radius 3 is 3.00 bits per heavy atom. The molecule has 0 bridgehead atoms. The first-order chi connectivity index (χ1) is 7.74. The molecule has 0 aliphatic carbocycles. The molecular formula is C12H24N2O2. The number of nitrogens with one attached hydrogen (secondary N) is 1. The molecule has 1 aliphatic heterocycles. The molecule has 1 heterocycles. The summed E-state index contributed by atoms with van der Waals surface area (Å²) >= 11 is 0. The van der Waals surface area contributed by atoms with Gasteiger partial charge in [0.05, 0.1) is 0 Å². The van der Waals surface area contributed by atoms with Gasteiger partial charge < -0.3 is 15.3 Å². The molecule has 1 saturated heterocycles. The molecule has 0 spiro atoms. The van der Waals surface area contributed by atoms with Crippen molar-refractivity contribution in [1.29, 1.82) is 0 Å². The number of hydrogen-bond acceptors (Lipinski definition) is 3. The summed E-state index contributed by atoms with van der Waals surface area (Å²) in [6.07, 6.45) is 5.65. The minimum absolute atomic E-state index is 0.0468. The average Bonchev–Trinajstić information content (AvgIpc) is 2.26. The Hall–Kier alpha value is -0.610. The number of nitrogens with zero attached hydrogens (tertiary/aromatic N) is 1. The Morgan fingerprint density at radius 1 is 1.50 bits per heavy atom. The highest BCUT2D eigenvalue weighted by atomic mass is 16.3. The third-order valence-electron chi connectivity index (χ3n) is 3.21. The fourth-order valence-electron chi connectivity index (χ4n) is 2.38. The Morgan fingerprint density at radius 2 is 2.31 bits per heavy atom. The van der Waals surface area contributed by atoms with Crippen LogP contribution in [0.25, 0.3) is 0 Å². The summed E-state index contributed by atoms with van der Waals surface area (Å²) in [5.74, 6) is 0.0468. The second-order valence-electron chi connectivity index (χ2n) is 4.53. The number of likely N-dealkylation sites (tertiary alicyclic amines) is 1. The molecule has 0 aromatic carbocycles. The van der Waals surface area contributed by atoms with Gasteiger partial charge in [-0.1, -0.05) is 6.42 Å². The van der Waals surface area contributed by atoms with Crippen molar-refractivity contribution in [2.45, 2.75) is 45.1 Å². The maximum absolute atomic E-state index is 10.7. The maximum Gasteiger partial charge on any atom is 0.216 e. The molecular weight excluding hydrogens is 204 g/mol. The van der Waals surface area contributed by atoms with Gasteiger partial charge in [0.2, 0.25) is 5.91 Å². The van der Waals surface area contributed by atoms with Crippen molar-refractivity contribution in [1.82, 2.24) is 10.2 Å².